The van der Waals surface area contributed by atoms with E-state index in [1.807, 2.05) is 39.4 Å². The monoisotopic (exact) mass is 523 g/mol. The Kier molecular flexibility index (Phi) is 6.35. The first kappa shape index (κ1) is 25.1. The molecule has 1 saturated heterocycles. The van der Waals surface area contributed by atoms with Crippen LogP contribution in [-0.4, -0.2) is 51.5 Å². The van der Waals surface area contributed by atoms with Crippen LogP contribution in [0, 0.1) is 12.8 Å². The normalized spacial score (nSPS) is 17.9. The quantitative estimate of drug-likeness (QED) is 0.347. The first-order valence-electron chi connectivity index (χ1n) is 12.2. The van der Waals surface area contributed by atoms with Crippen molar-refractivity contribution in [3.05, 3.63) is 54.1 Å². The van der Waals surface area contributed by atoms with Crippen molar-refractivity contribution in [1.29, 1.82) is 0 Å². The molecule has 37 heavy (non-hydrogen) atoms. The van der Waals surface area contributed by atoms with E-state index < -0.39 is 16.0 Å². The number of nitrogens with one attached hydrogen (secondary N) is 1. The van der Waals surface area contributed by atoms with Gasteiger partial charge in [0.25, 0.3) is 0 Å². The molecule has 0 radical (unpaired) electrons. The van der Waals surface area contributed by atoms with Gasteiger partial charge in [0.1, 0.15) is 11.6 Å². The molecule has 1 fully saturated rings. The van der Waals surface area contributed by atoms with Gasteiger partial charge in [0.15, 0.2) is 5.82 Å². The highest BCUT2D eigenvalue weighted by atomic mass is 32.3. The molecule has 1 aromatic carbocycles. The average Bonchev–Trinajstić information content (AvgIpc) is 3.18. The third-order valence-corrected chi connectivity index (χ3v) is 7.85. The van der Waals surface area contributed by atoms with Gasteiger partial charge in [-0.2, -0.15) is 13.5 Å². The molecule has 11 heteroatoms. The Labute approximate surface area is 216 Å². The molecule has 2 atom stereocenters. The first-order chi connectivity index (χ1) is 17.5. The van der Waals surface area contributed by atoms with Gasteiger partial charge in [0.2, 0.25) is 0 Å². The average molecular weight is 524 g/mol. The Morgan fingerprint density at radius 1 is 1.16 bits per heavy atom. The molecule has 1 aliphatic rings. The Balaban J connectivity index is 1.47. The second-order valence-corrected chi connectivity index (χ2v) is 11.4. The molecular weight excluding hydrogens is 493 g/mol. The third kappa shape index (κ3) is 5.00. The summed E-state index contributed by atoms with van der Waals surface area (Å²) in [5.74, 6) is 1.45. The minimum atomic E-state index is -4.50. The van der Waals surface area contributed by atoms with Crippen LogP contribution in [0.1, 0.15) is 37.9 Å². The van der Waals surface area contributed by atoms with Gasteiger partial charge < -0.3 is 10.2 Å². The van der Waals surface area contributed by atoms with E-state index in [2.05, 4.69) is 56.2 Å². The van der Waals surface area contributed by atoms with Crippen LogP contribution in [-0.2, 0) is 17.3 Å². The minimum absolute atomic E-state index is 0.0909. The van der Waals surface area contributed by atoms with Crippen LogP contribution in [0.2, 0.25) is 0 Å². The second-order valence-electron chi connectivity index (χ2n) is 9.99. The van der Waals surface area contributed by atoms with Crippen molar-refractivity contribution in [2.45, 2.75) is 39.7 Å². The zero-order valence-corrected chi connectivity index (χ0v) is 22.3. The number of pyridine rings is 1. The number of anilines is 3. The number of aromatic nitrogens is 5. The predicted octanol–water partition coefficient (Wildman–Crippen LogP) is 4.72. The Hall–Kier alpha value is -3.60. The second kappa shape index (κ2) is 9.37. The summed E-state index contributed by atoms with van der Waals surface area (Å²) in [6, 6.07) is 7.87. The summed E-state index contributed by atoms with van der Waals surface area (Å²) in [5, 5.41) is 9.70. The number of hydrogen-bond donors (Lipinski definition) is 1. The van der Waals surface area contributed by atoms with E-state index in [0.29, 0.717) is 24.0 Å². The number of benzene rings is 1. The van der Waals surface area contributed by atoms with Crippen molar-refractivity contribution in [2.24, 2.45) is 13.0 Å². The van der Waals surface area contributed by atoms with E-state index in [-0.39, 0.29) is 17.9 Å². The van der Waals surface area contributed by atoms with Crippen LogP contribution in [0.15, 0.2) is 42.9 Å². The molecule has 0 spiro atoms. The molecule has 1 aliphatic heterocycles. The maximum Gasteiger partial charge on any atom is 0.302 e. The van der Waals surface area contributed by atoms with Crippen molar-refractivity contribution in [3.8, 4) is 11.4 Å². The highest BCUT2D eigenvalue weighted by Gasteiger charge is 2.39. The predicted molar refractivity (Wildman–Crippen MR) is 143 cm³/mol. The van der Waals surface area contributed by atoms with Crippen LogP contribution in [0.5, 0.6) is 0 Å². The van der Waals surface area contributed by atoms with Crippen LogP contribution in [0.25, 0.3) is 22.2 Å². The van der Waals surface area contributed by atoms with Gasteiger partial charge in [0.05, 0.1) is 17.0 Å². The number of hydrogen-bond acceptors (Lipinski definition) is 8. The number of halogens is 1. The first-order valence-corrected chi connectivity index (χ1v) is 13.8. The Bertz CT molecular complexity index is 1590. The number of nitrogens with zero attached hydrogens (tertiary/aromatic N) is 6. The largest absolute Gasteiger partial charge is 0.368 e. The van der Waals surface area contributed by atoms with Crippen molar-refractivity contribution in [1.82, 2.24) is 24.7 Å². The molecular formula is C26H30FN7O2S. The highest BCUT2D eigenvalue weighted by molar-refractivity contribution is 7.86. The lowest BCUT2D eigenvalue weighted by Crippen LogP contribution is -2.57. The van der Waals surface area contributed by atoms with Gasteiger partial charge in [0, 0.05) is 55.2 Å². The SMILES string of the molecule is Cc1nn(C)cc1-c1nccc(Nc2cc3c(C(C)C)ccc(N4C[C@H](CS(=O)(=O)F)[C@H]4C)c3cn2)n1. The fraction of sp³-hybridized carbons (Fsp3) is 0.385. The molecule has 4 heterocycles. The molecule has 1 N–H and O–H groups in total. The van der Waals surface area contributed by atoms with E-state index in [1.165, 1.54) is 5.56 Å². The lowest BCUT2D eigenvalue weighted by atomic mass is 9.88. The zero-order valence-electron chi connectivity index (χ0n) is 21.5. The smallest absolute Gasteiger partial charge is 0.302 e. The summed E-state index contributed by atoms with van der Waals surface area (Å²) < 4.78 is 37.3. The van der Waals surface area contributed by atoms with Gasteiger partial charge in [-0.1, -0.05) is 19.9 Å². The van der Waals surface area contributed by atoms with Crippen molar-refractivity contribution < 1.29 is 12.3 Å². The van der Waals surface area contributed by atoms with E-state index in [0.717, 1.165) is 27.7 Å². The van der Waals surface area contributed by atoms with Gasteiger partial charge >= 0.3 is 10.2 Å². The molecule has 5 rings (SSSR count). The van der Waals surface area contributed by atoms with E-state index in [9.17, 15) is 12.3 Å². The molecule has 4 aromatic rings. The zero-order chi connectivity index (χ0) is 26.5. The number of aryl methyl sites for hydroxylation is 2. The lowest BCUT2D eigenvalue weighted by molar-refractivity contribution is 0.338. The van der Waals surface area contributed by atoms with Crippen molar-refractivity contribution >= 4 is 38.3 Å². The number of rotatable bonds is 7. The van der Waals surface area contributed by atoms with Gasteiger partial charge in [-0.05, 0) is 48.9 Å². The molecule has 3 aromatic heterocycles. The molecule has 0 amide bonds. The molecule has 9 nitrogen and oxygen atoms in total. The molecule has 0 saturated carbocycles. The maximum atomic E-state index is 13.2. The Morgan fingerprint density at radius 3 is 2.59 bits per heavy atom. The van der Waals surface area contributed by atoms with Crippen LogP contribution in [0.4, 0.5) is 21.2 Å². The van der Waals surface area contributed by atoms with E-state index in [1.54, 1.807) is 16.9 Å². The van der Waals surface area contributed by atoms with E-state index in [4.69, 9.17) is 0 Å². The fourth-order valence-electron chi connectivity index (χ4n) is 5.03. The van der Waals surface area contributed by atoms with E-state index >= 15 is 0 Å². The maximum absolute atomic E-state index is 13.2. The van der Waals surface area contributed by atoms with Crippen molar-refractivity contribution in [3.63, 3.8) is 0 Å². The summed E-state index contributed by atoms with van der Waals surface area (Å²) >= 11 is 0. The van der Waals surface area contributed by atoms with Gasteiger partial charge in [-0.3, -0.25) is 4.68 Å². The summed E-state index contributed by atoms with van der Waals surface area (Å²) in [6.07, 6.45) is 5.43. The molecule has 0 aliphatic carbocycles. The summed E-state index contributed by atoms with van der Waals surface area (Å²) in [5.41, 5.74) is 3.86. The van der Waals surface area contributed by atoms with Crippen LogP contribution >= 0.6 is 0 Å². The summed E-state index contributed by atoms with van der Waals surface area (Å²) in [4.78, 5) is 15.8. The van der Waals surface area contributed by atoms with Crippen LogP contribution < -0.4 is 10.2 Å². The number of fused-ring (bicyclic) bond motifs is 1. The van der Waals surface area contributed by atoms with Crippen molar-refractivity contribution in [2.75, 3.05) is 22.5 Å². The van der Waals surface area contributed by atoms with Gasteiger partial charge in [-0.15, -0.1) is 3.89 Å². The minimum Gasteiger partial charge on any atom is -0.368 e. The van der Waals surface area contributed by atoms with Gasteiger partial charge in [-0.25, -0.2) is 15.0 Å². The standard InChI is InChI=1S/C26H30FN7O2S/c1-15(2)19-6-7-23(34-12-18(17(34)4)14-37(27,35)36)21-11-29-25(10-20(19)21)30-24-8-9-28-26(31-24)22-13-33(5)32-16(22)3/h6-11,13,15,17-18H,12,14H2,1-5H3,(H,28,29,30,31)/t17-,18-/m1/s1. The third-order valence-electron chi connectivity index (χ3n) is 7.03. The molecule has 0 bridgehead atoms. The fourth-order valence-corrected chi connectivity index (χ4v) is 5.93. The molecule has 0 unspecified atom stereocenters. The highest BCUT2D eigenvalue weighted by Crippen LogP contribution is 2.39. The topological polar surface area (TPSA) is 106 Å². The lowest BCUT2D eigenvalue weighted by Gasteiger charge is -2.48. The van der Waals surface area contributed by atoms with Crippen LogP contribution in [0.3, 0.4) is 0 Å². The summed E-state index contributed by atoms with van der Waals surface area (Å²) in [6.45, 7) is 8.62. The molecule has 194 valence electrons. The summed E-state index contributed by atoms with van der Waals surface area (Å²) in [7, 11) is -2.64. The Morgan fingerprint density at radius 2 is 1.95 bits per heavy atom.